The van der Waals surface area contributed by atoms with Crippen LogP contribution in [0.1, 0.15) is 20.8 Å². The molecule has 25 heavy (non-hydrogen) atoms. The molecule has 0 aliphatic rings. The summed E-state index contributed by atoms with van der Waals surface area (Å²) in [5.41, 5.74) is -2.07. The lowest BCUT2D eigenvalue weighted by molar-refractivity contribution is -0.384. The number of nitro benzene ring substituents is 1. The monoisotopic (exact) mass is 361 g/mol. The van der Waals surface area contributed by atoms with Gasteiger partial charge in [-0.3, -0.25) is 10.1 Å². The molecule has 1 rings (SSSR count). The maximum Gasteiger partial charge on any atom is 0.408 e. The summed E-state index contributed by atoms with van der Waals surface area (Å²) in [6.07, 6.45) is -1.01. The molecule has 0 aliphatic heterocycles. The third kappa shape index (κ3) is 6.20. The van der Waals surface area contributed by atoms with Crippen LogP contribution in [0.3, 0.4) is 0 Å². The van der Waals surface area contributed by atoms with Gasteiger partial charge >= 0.3 is 12.1 Å². The van der Waals surface area contributed by atoms with Crippen molar-refractivity contribution in [1.82, 2.24) is 5.32 Å². The number of carbonyl (C=O) groups excluding carboxylic acids is 1. The molecule has 0 saturated carbocycles. The average Bonchev–Trinajstić information content (AvgIpc) is 2.43. The Morgan fingerprint density at radius 3 is 2.36 bits per heavy atom. The number of nitro groups is 1. The van der Waals surface area contributed by atoms with Crippen LogP contribution in [-0.2, 0) is 9.53 Å². The lowest BCUT2D eigenvalue weighted by atomic mass is 10.2. The van der Waals surface area contributed by atoms with Crippen molar-refractivity contribution in [2.45, 2.75) is 32.4 Å². The second-order valence-corrected chi connectivity index (χ2v) is 5.96. The van der Waals surface area contributed by atoms with E-state index in [0.29, 0.717) is 12.1 Å². The summed E-state index contributed by atoms with van der Waals surface area (Å²) in [4.78, 5) is 32.7. The summed E-state index contributed by atoms with van der Waals surface area (Å²) >= 11 is 0. The molecule has 0 aromatic heterocycles. The Hall–Kier alpha value is -2.98. The molecule has 0 bridgehead atoms. The third-order valence-corrected chi connectivity index (χ3v) is 2.72. The van der Waals surface area contributed by atoms with Crippen molar-refractivity contribution in [3.8, 4) is 0 Å². The number of benzene rings is 1. The summed E-state index contributed by atoms with van der Waals surface area (Å²) < 4.78 is 31.3. The highest BCUT2D eigenvalue weighted by Crippen LogP contribution is 2.27. The van der Waals surface area contributed by atoms with Crippen molar-refractivity contribution in [1.29, 1.82) is 0 Å². The fourth-order valence-electron chi connectivity index (χ4n) is 1.69. The number of carboxylic acids is 1. The van der Waals surface area contributed by atoms with Crippen molar-refractivity contribution in [2.24, 2.45) is 0 Å². The molecule has 0 saturated heterocycles. The summed E-state index contributed by atoms with van der Waals surface area (Å²) in [5.74, 6) is -4.22. The number of amides is 1. The molecule has 9 nitrogen and oxygen atoms in total. The van der Waals surface area contributed by atoms with Crippen molar-refractivity contribution in [2.75, 3.05) is 11.9 Å². The van der Waals surface area contributed by atoms with Gasteiger partial charge in [0.25, 0.3) is 5.69 Å². The fourth-order valence-corrected chi connectivity index (χ4v) is 1.69. The first-order valence-corrected chi connectivity index (χ1v) is 7.00. The van der Waals surface area contributed by atoms with Crippen LogP contribution >= 0.6 is 0 Å². The summed E-state index contributed by atoms with van der Waals surface area (Å²) in [7, 11) is 0. The van der Waals surface area contributed by atoms with Gasteiger partial charge in [0.2, 0.25) is 0 Å². The Morgan fingerprint density at radius 1 is 1.32 bits per heavy atom. The molecule has 0 fully saturated rings. The smallest absolute Gasteiger partial charge is 0.408 e. The van der Waals surface area contributed by atoms with E-state index in [1.807, 2.05) is 0 Å². The van der Waals surface area contributed by atoms with Crippen LogP contribution < -0.4 is 10.6 Å². The predicted octanol–water partition coefficient (Wildman–Crippen LogP) is 2.26. The molecule has 11 heteroatoms. The second-order valence-electron chi connectivity index (χ2n) is 5.96. The highest BCUT2D eigenvalue weighted by atomic mass is 19.2. The number of carbonyl (C=O) groups is 2. The van der Waals surface area contributed by atoms with Crippen LogP contribution in [0.4, 0.5) is 25.0 Å². The van der Waals surface area contributed by atoms with E-state index in [9.17, 15) is 28.5 Å². The molecule has 0 spiro atoms. The highest BCUT2D eigenvalue weighted by molar-refractivity contribution is 5.81. The summed E-state index contributed by atoms with van der Waals surface area (Å²) in [5, 5.41) is 24.3. The number of nitrogens with one attached hydrogen (secondary N) is 2. The maximum absolute atomic E-state index is 13.3. The zero-order chi connectivity index (χ0) is 19.4. The Kier molecular flexibility index (Phi) is 6.20. The normalized spacial score (nSPS) is 12.2. The molecule has 0 radical (unpaired) electrons. The minimum atomic E-state index is -1.53. The maximum atomic E-state index is 13.3. The Morgan fingerprint density at radius 2 is 1.88 bits per heavy atom. The van der Waals surface area contributed by atoms with E-state index in [2.05, 4.69) is 10.6 Å². The zero-order valence-corrected chi connectivity index (χ0v) is 13.6. The number of hydrogen-bond acceptors (Lipinski definition) is 6. The van der Waals surface area contributed by atoms with Crippen molar-refractivity contribution < 1.29 is 33.1 Å². The third-order valence-electron chi connectivity index (χ3n) is 2.72. The number of aliphatic carboxylic acids is 1. The fraction of sp³-hybridized carbons (Fsp3) is 0.429. The van der Waals surface area contributed by atoms with Gasteiger partial charge in [-0.1, -0.05) is 0 Å². The quantitative estimate of drug-likeness (QED) is 0.523. The minimum Gasteiger partial charge on any atom is -0.480 e. The second kappa shape index (κ2) is 7.73. The molecule has 3 N–H and O–H groups in total. The number of anilines is 1. The van der Waals surface area contributed by atoms with Crippen LogP contribution in [0.25, 0.3) is 0 Å². The van der Waals surface area contributed by atoms with Crippen LogP contribution in [0.15, 0.2) is 12.1 Å². The summed E-state index contributed by atoms with van der Waals surface area (Å²) in [6, 6.07) is -0.628. The van der Waals surface area contributed by atoms with Gasteiger partial charge in [-0.15, -0.1) is 0 Å². The van der Waals surface area contributed by atoms with E-state index in [0.717, 1.165) is 0 Å². The van der Waals surface area contributed by atoms with Gasteiger partial charge in [-0.2, -0.15) is 0 Å². The van der Waals surface area contributed by atoms with Gasteiger partial charge in [0.05, 0.1) is 11.0 Å². The number of carboxylic acid groups (broad SMARTS) is 1. The molecule has 138 valence electrons. The average molecular weight is 361 g/mol. The molecule has 0 aliphatic carbocycles. The molecular formula is C14H17F2N3O6. The van der Waals surface area contributed by atoms with Crippen LogP contribution in [0, 0.1) is 21.7 Å². The first-order valence-electron chi connectivity index (χ1n) is 7.00. The van der Waals surface area contributed by atoms with Gasteiger partial charge in [0, 0.05) is 12.6 Å². The molecular weight excluding hydrogens is 344 g/mol. The van der Waals surface area contributed by atoms with Crippen LogP contribution in [-0.4, -0.2) is 40.3 Å². The lowest BCUT2D eigenvalue weighted by Crippen LogP contribution is -2.47. The number of alkyl carbamates (subject to hydrolysis) is 1. The molecule has 1 aromatic rings. The SMILES string of the molecule is CC(C)(C)OC(=O)NC(CNc1cc(F)c(F)cc1[N+](=O)[O-])C(=O)O. The first-order chi connectivity index (χ1) is 11.4. The Balaban J connectivity index is 2.88. The van der Waals surface area contributed by atoms with Crippen molar-refractivity contribution in [3.63, 3.8) is 0 Å². The number of hydrogen-bond donors (Lipinski definition) is 3. The first kappa shape index (κ1) is 20.1. The van der Waals surface area contributed by atoms with E-state index >= 15 is 0 Å². The van der Waals surface area contributed by atoms with E-state index in [-0.39, 0.29) is 0 Å². The number of ether oxygens (including phenoxy) is 1. The topological polar surface area (TPSA) is 131 Å². The predicted molar refractivity (Wildman–Crippen MR) is 82.3 cm³/mol. The van der Waals surface area contributed by atoms with Gasteiger partial charge in [0.1, 0.15) is 17.3 Å². The molecule has 0 heterocycles. The summed E-state index contributed by atoms with van der Waals surface area (Å²) in [6.45, 7) is 4.20. The molecule has 1 amide bonds. The van der Waals surface area contributed by atoms with Gasteiger partial charge in [-0.25, -0.2) is 18.4 Å². The van der Waals surface area contributed by atoms with Crippen molar-refractivity contribution in [3.05, 3.63) is 33.9 Å². The molecule has 1 atom stereocenters. The van der Waals surface area contributed by atoms with E-state index in [4.69, 9.17) is 9.84 Å². The number of halogens is 2. The highest BCUT2D eigenvalue weighted by Gasteiger charge is 2.25. The van der Waals surface area contributed by atoms with Gasteiger partial charge in [-0.05, 0) is 20.8 Å². The van der Waals surface area contributed by atoms with Crippen LogP contribution in [0.2, 0.25) is 0 Å². The Labute approximate surface area is 141 Å². The zero-order valence-electron chi connectivity index (χ0n) is 13.6. The van der Waals surface area contributed by atoms with E-state index in [1.165, 1.54) is 0 Å². The lowest BCUT2D eigenvalue weighted by Gasteiger charge is -2.22. The van der Waals surface area contributed by atoms with Crippen molar-refractivity contribution >= 4 is 23.4 Å². The van der Waals surface area contributed by atoms with Crippen LogP contribution in [0.5, 0.6) is 0 Å². The van der Waals surface area contributed by atoms with E-state index < -0.39 is 58.2 Å². The largest absolute Gasteiger partial charge is 0.480 e. The number of nitrogens with zero attached hydrogens (tertiary/aromatic N) is 1. The minimum absolute atomic E-state index is 0.370. The molecule has 1 aromatic carbocycles. The Bertz CT molecular complexity index is 690. The number of rotatable bonds is 6. The van der Waals surface area contributed by atoms with Gasteiger partial charge in [0.15, 0.2) is 11.6 Å². The molecule has 1 unspecified atom stereocenters. The van der Waals surface area contributed by atoms with Gasteiger partial charge < -0.3 is 20.5 Å². The standard InChI is InChI=1S/C14H17F2N3O6/c1-14(2,3)25-13(22)18-10(12(20)21)6-17-9-4-7(15)8(16)5-11(9)19(23)24/h4-5,10,17H,6H2,1-3H3,(H,18,22)(H,20,21). The van der Waals surface area contributed by atoms with E-state index in [1.54, 1.807) is 20.8 Å².